The Morgan fingerprint density at radius 2 is 1.51 bits per heavy atom. The number of ether oxygens (including phenoxy) is 1. The molecule has 0 saturated heterocycles. The van der Waals surface area contributed by atoms with E-state index in [1.807, 2.05) is 24.3 Å². The van der Waals surface area contributed by atoms with Gasteiger partial charge >= 0.3 is 6.16 Å². The van der Waals surface area contributed by atoms with Crippen LogP contribution in [-0.4, -0.2) is 30.4 Å². The van der Waals surface area contributed by atoms with Crippen LogP contribution in [0.5, 0.6) is 5.75 Å². The lowest BCUT2D eigenvalue weighted by Gasteiger charge is -2.13. The molecule has 0 amide bonds. The van der Waals surface area contributed by atoms with Gasteiger partial charge in [-0.15, -0.1) is 0 Å². The minimum absolute atomic E-state index is 0.319. The molecule has 6 rings (SSSR count). The predicted octanol–water partition coefficient (Wildman–Crippen LogP) is 9.49. The summed E-state index contributed by atoms with van der Waals surface area (Å²) in [6.45, 7) is 12.4. The van der Waals surface area contributed by atoms with Gasteiger partial charge in [0, 0.05) is 36.3 Å². The summed E-state index contributed by atoms with van der Waals surface area (Å²) in [5.74, 6) is 2.88. The zero-order valence-electron chi connectivity index (χ0n) is 27.8. The van der Waals surface area contributed by atoms with Gasteiger partial charge in [-0.3, -0.25) is 0 Å². The van der Waals surface area contributed by atoms with Crippen LogP contribution in [-0.2, 0) is 25.9 Å². The predicted molar refractivity (Wildman–Crippen MR) is 188 cm³/mol. The Labute approximate surface area is 276 Å². The molecule has 0 aliphatic carbocycles. The topological polar surface area (TPSA) is 82.2 Å². The molecule has 0 saturated carbocycles. The molecule has 0 radical (unpaired) electrons. The molecule has 1 N–H and O–H groups in total. The fraction of sp³-hybridized carbons (Fsp3) is 0.275. The van der Waals surface area contributed by atoms with Gasteiger partial charge in [-0.1, -0.05) is 93.6 Å². The summed E-state index contributed by atoms with van der Waals surface area (Å²) in [5.41, 5.74) is 10.7. The highest BCUT2D eigenvalue weighted by Crippen LogP contribution is 2.33. The van der Waals surface area contributed by atoms with Crippen LogP contribution in [0.1, 0.15) is 61.1 Å². The van der Waals surface area contributed by atoms with Crippen molar-refractivity contribution >= 4 is 17.2 Å². The molecule has 240 valence electrons. The van der Waals surface area contributed by atoms with E-state index in [4.69, 9.17) is 14.7 Å². The molecular weight excluding hydrogens is 584 g/mol. The molecule has 0 atom stereocenters. The number of aryl methyl sites for hydroxylation is 2. The second-order valence-corrected chi connectivity index (χ2v) is 12.7. The Morgan fingerprint density at radius 1 is 0.830 bits per heavy atom. The SMILES string of the molecule is CCCc1nc2c(C)cc(-c3nc(CC(C)C)c(C)n3Cc3ccccc3)cc2n1Cc1ccc(-c2ccccc2OC(=O)O)cc1. The van der Waals surface area contributed by atoms with Gasteiger partial charge in [-0.25, -0.2) is 14.8 Å². The molecule has 0 bridgehead atoms. The largest absolute Gasteiger partial charge is 0.511 e. The van der Waals surface area contributed by atoms with E-state index in [0.29, 0.717) is 18.2 Å². The molecule has 47 heavy (non-hydrogen) atoms. The number of fused-ring (bicyclic) bond motifs is 1. The van der Waals surface area contributed by atoms with E-state index in [0.717, 1.165) is 82.0 Å². The van der Waals surface area contributed by atoms with E-state index in [1.165, 1.54) is 11.3 Å². The molecule has 0 unspecified atom stereocenters. The Morgan fingerprint density at radius 3 is 2.21 bits per heavy atom. The molecule has 7 heteroatoms. The van der Waals surface area contributed by atoms with Crippen molar-refractivity contribution in [2.45, 2.75) is 67.0 Å². The molecule has 4 aromatic carbocycles. The molecule has 0 aliphatic rings. The minimum Gasteiger partial charge on any atom is -0.449 e. The van der Waals surface area contributed by atoms with Gasteiger partial charge in [0.15, 0.2) is 0 Å². The van der Waals surface area contributed by atoms with Crippen molar-refractivity contribution in [3.8, 4) is 28.3 Å². The number of para-hydroxylation sites is 1. The van der Waals surface area contributed by atoms with Gasteiger partial charge in [-0.05, 0) is 73.1 Å². The van der Waals surface area contributed by atoms with E-state index >= 15 is 0 Å². The summed E-state index contributed by atoms with van der Waals surface area (Å²) in [5, 5.41) is 9.19. The van der Waals surface area contributed by atoms with Crippen molar-refractivity contribution in [1.29, 1.82) is 0 Å². The molecule has 0 aliphatic heterocycles. The Kier molecular flexibility index (Phi) is 9.25. The highest BCUT2D eigenvalue weighted by molar-refractivity contribution is 5.85. The maximum Gasteiger partial charge on any atom is 0.511 e. The van der Waals surface area contributed by atoms with E-state index in [1.54, 1.807) is 12.1 Å². The van der Waals surface area contributed by atoms with Gasteiger partial charge in [-0.2, -0.15) is 0 Å². The van der Waals surface area contributed by atoms with Crippen molar-refractivity contribution in [2.75, 3.05) is 0 Å². The number of imidazole rings is 2. The molecular formula is C40H42N4O3. The minimum atomic E-state index is -1.33. The first-order valence-corrected chi connectivity index (χ1v) is 16.4. The molecule has 0 spiro atoms. The zero-order valence-corrected chi connectivity index (χ0v) is 27.8. The van der Waals surface area contributed by atoms with Crippen LogP contribution in [0.25, 0.3) is 33.5 Å². The fourth-order valence-electron chi connectivity index (χ4n) is 6.36. The fourth-order valence-corrected chi connectivity index (χ4v) is 6.36. The van der Waals surface area contributed by atoms with E-state index in [9.17, 15) is 9.90 Å². The average Bonchev–Trinajstić information content (AvgIpc) is 3.54. The van der Waals surface area contributed by atoms with Crippen molar-refractivity contribution in [3.05, 3.63) is 125 Å². The molecule has 2 aromatic heterocycles. The van der Waals surface area contributed by atoms with Crippen LogP contribution in [0.3, 0.4) is 0 Å². The van der Waals surface area contributed by atoms with Crippen molar-refractivity contribution in [2.24, 2.45) is 5.92 Å². The van der Waals surface area contributed by atoms with E-state index in [-0.39, 0.29) is 0 Å². The summed E-state index contributed by atoms with van der Waals surface area (Å²) in [6.07, 6.45) is 1.48. The molecule has 0 fully saturated rings. The van der Waals surface area contributed by atoms with Gasteiger partial charge in [0.1, 0.15) is 17.4 Å². The Bertz CT molecular complexity index is 2020. The second kappa shape index (κ2) is 13.7. The van der Waals surface area contributed by atoms with Crippen LogP contribution in [0.2, 0.25) is 0 Å². The number of benzene rings is 4. The molecule has 2 heterocycles. The number of carboxylic acid groups (broad SMARTS) is 1. The third kappa shape index (κ3) is 6.85. The highest BCUT2D eigenvalue weighted by atomic mass is 16.7. The lowest BCUT2D eigenvalue weighted by atomic mass is 10.0. The van der Waals surface area contributed by atoms with Gasteiger partial charge in [0.05, 0.1) is 16.7 Å². The van der Waals surface area contributed by atoms with Gasteiger partial charge in [0.25, 0.3) is 0 Å². The number of carbonyl (C=O) groups is 1. The molecule has 6 aromatic rings. The summed E-state index contributed by atoms with van der Waals surface area (Å²) >= 11 is 0. The van der Waals surface area contributed by atoms with Crippen molar-refractivity contribution in [3.63, 3.8) is 0 Å². The average molecular weight is 627 g/mol. The lowest BCUT2D eigenvalue weighted by molar-refractivity contribution is 0.144. The van der Waals surface area contributed by atoms with E-state index in [2.05, 4.69) is 98.4 Å². The van der Waals surface area contributed by atoms with Gasteiger partial charge < -0.3 is 19.0 Å². The number of aromatic nitrogens is 4. The Balaban J connectivity index is 1.41. The third-order valence-corrected chi connectivity index (χ3v) is 8.65. The van der Waals surface area contributed by atoms with Crippen LogP contribution >= 0.6 is 0 Å². The van der Waals surface area contributed by atoms with Crippen LogP contribution in [0.4, 0.5) is 4.79 Å². The normalized spacial score (nSPS) is 11.4. The molecule has 7 nitrogen and oxygen atoms in total. The van der Waals surface area contributed by atoms with Gasteiger partial charge in [0.2, 0.25) is 0 Å². The second-order valence-electron chi connectivity index (χ2n) is 12.7. The lowest BCUT2D eigenvalue weighted by Crippen LogP contribution is -2.06. The number of hydrogen-bond donors (Lipinski definition) is 1. The maximum absolute atomic E-state index is 11.2. The number of rotatable bonds is 11. The first kappa shape index (κ1) is 31.8. The Hall–Kier alpha value is -5.17. The monoisotopic (exact) mass is 626 g/mol. The smallest absolute Gasteiger partial charge is 0.449 e. The first-order valence-electron chi connectivity index (χ1n) is 16.4. The number of nitrogens with zero attached hydrogens (tertiary/aromatic N) is 4. The summed E-state index contributed by atoms with van der Waals surface area (Å²) in [6, 6.07) is 30.5. The quantitative estimate of drug-likeness (QED) is 0.114. The third-order valence-electron chi connectivity index (χ3n) is 8.65. The van der Waals surface area contributed by atoms with Crippen molar-refractivity contribution < 1.29 is 14.6 Å². The first-order chi connectivity index (χ1) is 22.7. The summed E-state index contributed by atoms with van der Waals surface area (Å²) in [7, 11) is 0. The van der Waals surface area contributed by atoms with Crippen molar-refractivity contribution in [1.82, 2.24) is 19.1 Å². The van der Waals surface area contributed by atoms with Crippen LogP contribution in [0.15, 0.2) is 91.0 Å². The summed E-state index contributed by atoms with van der Waals surface area (Å²) in [4.78, 5) is 21.7. The maximum atomic E-state index is 11.2. The van der Waals surface area contributed by atoms with E-state index < -0.39 is 6.16 Å². The zero-order chi connectivity index (χ0) is 33.1. The van der Waals surface area contributed by atoms with Crippen LogP contribution < -0.4 is 4.74 Å². The number of hydrogen-bond acceptors (Lipinski definition) is 4. The standard InChI is InChI=1S/C40H42N4O3/c1-6-12-37-42-38-27(4)22-32(39-41-34(21-26(2)3)28(5)43(39)24-29-13-8-7-9-14-29)23-35(38)44(37)25-30-17-19-31(20-18-30)33-15-10-11-16-36(33)47-40(45)46/h7-11,13-20,22-23,26H,6,12,21,24-25H2,1-5H3,(H,45,46). The van der Waals surface area contributed by atoms with Crippen LogP contribution in [0, 0.1) is 19.8 Å². The highest BCUT2D eigenvalue weighted by Gasteiger charge is 2.20. The summed E-state index contributed by atoms with van der Waals surface area (Å²) < 4.78 is 9.74.